The Hall–Kier alpha value is -1.75. The maximum absolute atomic E-state index is 12.8. The standard InChI is InChI=1S/C24H36N2O2S/c1-4-6-8-10-12-14-22(27)25-24-20-18-19(3)16-17-21(20)26(29-24)23(28)15-13-11-9-7-5-2/h16-18H,4-15H2,1-3H3. The lowest BCUT2D eigenvalue weighted by molar-refractivity contribution is -0.118. The van der Waals surface area contributed by atoms with E-state index in [4.69, 9.17) is 0 Å². The number of fused-ring (bicyclic) bond motifs is 1. The number of unbranched alkanes of at least 4 members (excludes halogenated alkanes) is 8. The third kappa shape index (κ3) is 7.54. The Labute approximate surface area is 179 Å². The first-order chi connectivity index (χ1) is 14.1. The van der Waals surface area contributed by atoms with E-state index in [1.54, 1.807) is 3.96 Å². The summed E-state index contributed by atoms with van der Waals surface area (Å²) in [6.07, 6.45) is 12.2. The molecule has 0 radical (unpaired) electrons. The van der Waals surface area contributed by atoms with Crippen molar-refractivity contribution >= 4 is 34.2 Å². The van der Waals surface area contributed by atoms with Gasteiger partial charge in [0.15, 0.2) is 0 Å². The lowest BCUT2D eigenvalue weighted by Crippen LogP contribution is -2.07. The summed E-state index contributed by atoms with van der Waals surface area (Å²) >= 11 is 1.31. The Morgan fingerprint density at radius 3 is 2.17 bits per heavy atom. The molecule has 0 saturated carbocycles. The van der Waals surface area contributed by atoms with Gasteiger partial charge in [0.25, 0.3) is 0 Å². The first-order valence-corrected chi connectivity index (χ1v) is 12.1. The Bertz CT molecular complexity index is 863. The molecule has 2 aromatic rings. The van der Waals surface area contributed by atoms with E-state index >= 15 is 0 Å². The van der Waals surface area contributed by atoms with Gasteiger partial charge in [0.05, 0.1) is 5.52 Å². The molecule has 5 heteroatoms. The zero-order valence-electron chi connectivity index (χ0n) is 18.3. The van der Waals surface area contributed by atoms with Gasteiger partial charge < -0.3 is 0 Å². The third-order valence-corrected chi connectivity index (χ3v) is 6.29. The van der Waals surface area contributed by atoms with Gasteiger partial charge in [0.2, 0.25) is 11.8 Å². The van der Waals surface area contributed by atoms with E-state index in [1.165, 1.54) is 50.1 Å². The van der Waals surface area contributed by atoms with Gasteiger partial charge in [0, 0.05) is 18.2 Å². The minimum absolute atomic E-state index is 0.0784. The minimum Gasteiger partial charge on any atom is -0.273 e. The number of hydrogen-bond acceptors (Lipinski definition) is 3. The Morgan fingerprint density at radius 1 is 0.897 bits per heavy atom. The largest absolute Gasteiger partial charge is 0.273 e. The first kappa shape index (κ1) is 23.5. The SMILES string of the molecule is CCCCCCCC(=O)N=c1sn(C(=O)CCCCCCC)c2ccc(C)cc12. The maximum atomic E-state index is 12.8. The molecule has 0 unspecified atom stereocenters. The predicted molar refractivity (Wildman–Crippen MR) is 123 cm³/mol. The lowest BCUT2D eigenvalue weighted by Gasteiger charge is -2.03. The molecule has 29 heavy (non-hydrogen) atoms. The summed E-state index contributed by atoms with van der Waals surface area (Å²) < 4.78 is 2.41. The van der Waals surface area contributed by atoms with Crippen molar-refractivity contribution in [3.8, 4) is 0 Å². The van der Waals surface area contributed by atoms with Crippen molar-refractivity contribution in [2.45, 2.75) is 97.8 Å². The molecule has 0 aliphatic rings. The van der Waals surface area contributed by atoms with Gasteiger partial charge in [-0.2, -0.15) is 0 Å². The molecule has 0 N–H and O–H groups in total. The van der Waals surface area contributed by atoms with Crippen LogP contribution in [0.4, 0.5) is 0 Å². The van der Waals surface area contributed by atoms with Gasteiger partial charge >= 0.3 is 0 Å². The molecule has 0 bridgehead atoms. The van der Waals surface area contributed by atoms with Crippen LogP contribution in [0.3, 0.4) is 0 Å². The highest BCUT2D eigenvalue weighted by Gasteiger charge is 2.13. The molecule has 160 valence electrons. The van der Waals surface area contributed by atoms with Crippen LogP contribution in [0.15, 0.2) is 23.2 Å². The van der Waals surface area contributed by atoms with Gasteiger partial charge in [-0.3, -0.25) is 9.59 Å². The molecule has 1 heterocycles. The molecule has 1 aromatic heterocycles. The van der Waals surface area contributed by atoms with Crippen LogP contribution in [0.25, 0.3) is 10.9 Å². The van der Waals surface area contributed by atoms with Crippen LogP contribution in [0, 0.1) is 6.92 Å². The summed E-state index contributed by atoms with van der Waals surface area (Å²) in [7, 11) is 0. The second-order valence-electron chi connectivity index (χ2n) is 7.94. The number of hydrogen-bond donors (Lipinski definition) is 0. The average Bonchev–Trinajstić information content (AvgIpc) is 3.05. The molecule has 1 amide bonds. The number of carbonyl (C=O) groups is 2. The highest BCUT2D eigenvalue weighted by atomic mass is 32.1. The zero-order valence-corrected chi connectivity index (χ0v) is 19.2. The quantitative estimate of drug-likeness (QED) is 0.357. The molecule has 0 atom stereocenters. The topological polar surface area (TPSA) is 51.4 Å². The lowest BCUT2D eigenvalue weighted by atomic mass is 10.1. The molecule has 0 aliphatic carbocycles. The minimum atomic E-state index is -0.0784. The van der Waals surface area contributed by atoms with Gasteiger partial charge in [0.1, 0.15) is 4.67 Å². The van der Waals surface area contributed by atoms with Crippen LogP contribution in [0.2, 0.25) is 0 Å². The molecule has 0 spiro atoms. The van der Waals surface area contributed by atoms with Crippen molar-refractivity contribution in [2.24, 2.45) is 4.99 Å². The van der Waals surface area contributed by atoms with Crippen LogP contribution in [0.5, 0.6) is 0 Å². The normalized spacial score (nSPS) is 12.0. The predicted octanol–water partition coefficient (Wildman–Crippen LogP) is 6.80. The van der Waals surface area contributed by atoms with E-state index in [-0.39, 0.29) is 11.8 Å². The van der Waals surface area contributed by atoms with E-state index in [0.29, 0.717) is 17.5 Å². The van der Waals surface area contributed by atoms with Crippen molar-refractivity contribution in [1.82, 2.24) is 3.96 Å². The molecular weight excluding hydrogens is 380 g/mol. The summed E-state index contributed by atoms with van der Waals surface area (Å²) in [6.45, 7) is 6.40. The Kier molecular flexibility index (Phi) is 10.3. The van der Waals surface area contributed by atoms with Gasteiger partial charge in [-0.05, 0) is 43.4 Å². The van der Waals surface area contributed by atoms with Gasteiger partial charge in [-0.15, -0.1) is 0 Å². The zero-order chi connectivity index (χ0) is 21.1. The highest BCUT2D eigenvalue weighted by molar-refractivity contribution is 7.06. The van der Waals surface area contributed by atoms with E-state index in [2.05, 4.69) is 18.8 Å². The van der Waals surface area contributed by atoms with Crippen LogP contribution in [0.1, 0.15) is 101 Å². The van der Waals surface area contributed by atoms with Gasteiger partial charge in [-0.1, -0.05) is 76.8 Å². The molecular formula is C24H36N2O2S. The summed E-state index contributed by atoms with van der Waals surface area (Å²) in [5.41, 5.74) is 1.98. The summed E-state index contributed by atoms with van der Waals surface area (Å²) in [5.74, 6) is 0.0270. The number of nitrogens with zero attached hydrogens (tertiary/aromatic N) is 2. The fourth-order valence-corrected chi connectivity index (χ4v) is 4.51. The van der Waals surface area contributed by atoms with Crippen molar-refractivity contribution in [2.75, 3.05) is 0 Å². The highest BCUT2D eigenvalue weighted by Crippen LogP contribution is 2.18. The van der Waals surface area contributed by atoms with E-state index in [0.717, 1.165) is 42.1 Å². The average molecular weight is 417 g/mol. The summed E-state index contributed by atoms with van der Waals surface area (Å²) in [4.78, 5) is 29.5. The Morgan fingerprint density at radius 2 is 1.52 bits per heavy atom. The molecule has 0 aliphatic heterocycles. The number of benzene rings is 1. The van der Waals surface area contributed by atoms with E-state index in [1.807, 2.05) is 25.1 Å². The van der Waals surface area contributed by atoms with Crippen molar-refractivity contribution in [3.63, 3.8) is 0 Å². The van der Waals surface area contributed by atoms with Crippen LogP contribution in [-0.4, -0.2) is 15.8 Å². The van der Waals surface area contributed by atoms with Crippen molar-refractivity contribution in [1.29, 1.82) is 0 Å². The Balaban J connectivity index is 2.13. The van der Waals surface area contributed by atoms with Crippen molar-refractivity contribution in [3.05, 3.63) is 28.4 Å². The molecule has 0 fully saturated rings. The van der Waals surface area contributed by atoms with Gasteiger partial charge in [-0.25, -0.2) is 8.95 Å². The van der Waals surface area contributed by atoms with Crippen molar-refractivity contribution < 1.29 is 9.59 Å². The number of aromatic nitrogens is 1. The second kappa shape index (κ2) is 12.7. The molecule has 0 saturated heterocycles. The maximum Gasteiger partial charge on any atom is 0.247 e. The smallest absolute Gasteiger partial charge is 0.247 e. The summed E-state index contributed by atoms with van der Waals surface area (Å²) in [6, 6.07) is 6.02. The van der Waals surface area contributed by atoms with Crippen LogP contribution < -0.4 is 4.67 Å². The number of rotatable bonds is 12. The van der Waals surface area contributed by atoms with E-state index < -0.39 is 0 Å². The molecule has 4 nitrogen and oxygen atoms in total. The molecule has 1 aromatic carbocycles. The fourth-order valence-electron chi connectivity index (χ4n) is 3.48. The number of carbonyl (C=O) groups excluding carboxylic acids is 2. The second-order valence-corrected chi connectivity index (χ2v) is 8.87. The number of aryl methyl sites for hydroxylation is 1. The monoisotopic (exact) mass is 416 g/mol. The fraction of sp³-hybridized carbons (Fsp3) is 0.625. The molecule has 2 rings (SSSR count). The van der Waals surface area contributed by atoms with E-state index in [9.17, 15) is 9.59 Å². The van der Waals surface area contributed by atoms with Crippen LogP contribution in [-0.2, 0) is 4.79 Å². The third-order valence-electron chi connectivity index (χ3n) is 5.22. The van der Waals surface area contributed by atoms with Crippen LogP contribution >= 0.6 is 11.5 Å². The first-order valence-electron chi connectivity index (χ1n) is 11.3. The summed E-state index contributed by atoms with van der Waals surface area (Å²) in [5, 5.41) is 0.911. The number of amides is 1.